The zero-order valence-electron chi connectivity index (χ0n) is 9.48. The highest BCUT2D eigenvalue weighted by atomic mass is 15.2. The third-order valence-corrected chi connectivity index (χ3v) is 3.21. The second-order valence-corrected chi connectivity index (χ2v) is 4.51. The third-order valence-electron chi connectivity index (χ3n) is 3.21. The van der Waals surface area contributed by atoms with E-state index in [0.717, 1.165) is 18.8 Å². The smallest absolute Gasteiger partial charge is 0.0399 e. The summed E-state index contributed by atoms with van der Waals surface area (Å²) in [4.78, 5) is 6.62. The van der Waals surface area contributed by atoms with E-state index in [9.17, 15) is 0 Å². The van der Waals surface area contributed by atoms with Gasteiger partial charge in [0.25, 0.3) is 0 Å². The van der Waals surface area contributed by atoms with Crippen molar-refractivity contribution >= 4 is 5.69 Å². The third kappa shape index (κ3) is 2.29. The Bertz CT molecular complexity index is 335. The summed E-state index contributed by atoms with van der Waals surface area (Å²) in [6.07, 6.45) is 3.09. The van der Waals surface area contributed by atoms with Crippen molar-refractivity contribution in [1.82, 2.24) is 4.98 Å². The molecule has 1 fully saturated rings. The summed E-state index contributed by atoms with van der Waals surface area (Å²) in [6.45, 7) is 6.34. The summed E-state index contributed by atoms with van der Waals surface area (Å²) in [6, 6.07) is 4.53. The summed E-state index contributed by atoms with van der Waals surface area (Å²) >= 11 is 0. The standard InChI is InChI=1S/C12H19N3/c1-9-7-12(3-5-14-9)15-6-4-11(8-15)10(2)13/h3,5,7,10-11H,4,6,8,13H2,1-2H3. The quantitative estimate of drug-likeness (QED) is 0.796. The number of nitrogens with two attached hydrogens (primary N) is 1. The second-order valence-electron chi connectivity index (χ2n) is 4.51. The molecule has 3 nitrogen and oxygen atoms in total. The Morgan fingerprint density at radius 2 is 2.40 bits per heavy atom. The Morgan fingerprint density at radius 3 is 3.00 bits per heavy atom. The molecule has 1 aliphatic heterocycles. The van der Waals surface area contributed by atoms with Crippen LogP contribution in [0.25, 0.3) is 0 Å². The van der Waals surface area contributed by atoms with Crippen molar-refractivity contribution in [2.24, 2.45) is 11.7 Å². The maximum absolute atomic E-state index is 5.93. The van der Waals surface area contributed by atoms with E-state index >= 15 is 0 Å². The number of hydrogen-bond donors (Lipinski definition) is 1. The van der Waals surface area contributed by atoms with Crippen molar-refractivity contribution in [2.45, 2.75) is 26.3 Å². The molecule has 0 spiro atoms. The van der Waals surface area contributed by atoms with E-state index in [0.29, 0.717) is 12.0 Å². The van der Waals surface area contributed by atoms with Gasteiger partial charge in [-0.05, 0) is 38.3 Å². The van der Waals surface area contributed by atoms with Crippen LogP contribution >= 0.6 is 0 Å². The highest BCUT2D eigenvalue weighted by Crippen LogP contribution is 2.24. The normalized spacial score (nSPS) is 23.1. The van der Waals surface area contributed by atoms with Crippen molar-refractivity contribution in [1.29, 1.82) is 0 Å². The maximum Gasteiger partial charge on any atom is 0.0399 e. The zero-order chi connectivity index (χ0) is 10.8. The Morgan fingerprint density at radius 1 is 1.60 bits per heavy atom. The van der Waals surface area contributed by atoms with Gasteiger partial charge in [0.2, 0.25) is 0 Å². The van der Waals surface area contributed by atoms with Gasteiger partial charge in [0.15, 0.2) is 0 Å². The fourth-order valence-electron chi connectivity index (χ4n) is 2.18. The number of rotatable bonds is 2. The molecule has 0 aliphatic carbocycles. The molecular formula is C12H19N3. The zero-order valence-corrected chi connectivity index (χ0v) is 9.48. The average molecular weight is 205 g/mol. The van der Waals surface area contributed by atoms with E-state index in [1.165, 1.54) is 12.1 Å². The fraction of sp³-hybridized carbons (Fsp3) is 0.583. The van der Waals surface area contributed by atoms with Gasteiger partial charge >= 0.3 is 0 Å². The summed E-state index contributed by atoms with van der Waals surface area (Å²) in [5.74, 6) is 0.637. The first-order chi connectivity index (χ1) is 7.16. The maximum atomic E-state index is 5.93. The molecule has 1 saturated heterocycles. The van der Waals surface area contributed by atoms with E-state index in [4.69, 9.17) is 5.73 Å². The van der Waals surface area contributed by atoms with Crippen LogP contribution in [-0.4, -0.2) is 24.1 Å². The van der Waals surface area contributed by atoms with Gasteiger partial charge in [-0.1, -0.05) is 0 Å². The first-order valence-electron chi connectivity index (χ1n) is 5.60. The molecule has 1 aromatic rings. The molecule has 1 aliphatic rings. The summed E-state index contributed by atoms with van der Waals surface area (Å²) in [5.41, 5.74) is 8.29. The lowest BCUT2D eigenvalue weighted by molar-refractivity contribution is 0.488. The van der Waals surface area contributed by atoms with E-state index < -0.39 is 0 Å². The topological polar surface area (TPSA) is 42.1 Å². The van der Waals surface area contributed by atoms with E-state index in [-0.39, 0.29) is 0 Å². The fourth-order valence-corrected chi connectivity index (χ4v) is 2.18. The molecule has 2 unspecified atom stereocenters. The van der Waals surface area contributed by atoms with Crippen LogP contribution < -0.4 is 10.6 Å². The largest absolute Gasteiger partial charge is 0.371 e. The van der Waals surface area contributed by atoms with Gasteiger partial charge < -0.3 is 10.6 Å². The van der Waals surface area contributed by atoms with Gasteiger partial charge in [-0.25, -0.2) is 0 Å². The molecule has 3 heteroatoms. The van der Waals surface area contributed by atoms with Crippen LogP contribution in [0.1, 0.15) is 19.0 Å². The number of anilines is 1. The molecule has 15 heavy (non-hydrogen) atoms. The molecule has 2 rings (SSSR count). The Kier molecular flexibility index (Phi) is 2.91. The van der Waals surface area contributed by atoms with Crippen molar-refractivity contribution in [3.63, 3.8) is 0 Å². The molecule has 1 aromatic heterocycles. The first-order valence-corrected chi connectivity index (χ1v) is 5.60. The van der Waals surface area contributed by atoms with Crippen LogP contribution in [0, 0.1) is 12.8 Å². The van der Waals surface area contributed by atoms with Crippen LogP contribution in [-0.2, 0) is 0 Å². The number of nitrogens with zero attached hydrogens (tertiary/aromatic N) is 2. The van der Waals surface area contributed by atoms with Crippen molar-refractivity contribution in [2.75, 3.05) is 18.0 Å². The summed E-state index contributed by atoms with van der Waals surface area (Å²) in [7, 11) is 0. The number of pyridine rings is 1. The molecule has 2 N–H and O–H groups in total. The predicted molar refractivity (Wildman–Crippen MR) is 62.9 cm³/mol. The predicted octanol–water partition coefficient (Wildman–Crippen LogP) is 1.56. The Labute approximate surface area is 91.3 Å². The minimum Gasteiger partial charge on any atom is -0.371 e. The van der Waals surface area contributed by atoms with Gasteiger partial charge in [0, 0.05) is 36.7 Å². The van der Waals surface area contributed by atoms with Crippen LogP contribution in [0.3, 0.4) is 0 Å². The molecule has 2 heterocycles. The van der Waals surface area contributed by atoms with Gasteiger partial charge in [-0.2, -0.15) is 0 Å². The highest BCUT2D eigenvalue weighted by molar-refractivity contribution is 5.47. The second kappa shape index (κ2) is 4.19. The van der Waals surface area contributed by atoms with Gasteiger partial charge in [-0.15, -0.1) is 0 Å². The van der Waals surface area contributed by atoms with Gasteiger partial charge in [-0.3, -0.25) is 4.98 Å². The van der Waals surface area contributed by atoms with E-state index in [1.807, 2.05) is 13.1 Å². The highest BCUT2D eigenvalue weighted by Gasteiger charge is 2.25. The number of aromatic nitrogens is 1. The number of hydrogen-bond acceptors (Lipinski definition) is 3. The monoisotopic (exact) mass is 205 g/mol. The van der Waals surface area contributed by atoms with Crippen LogP contribution in [0.2, 0.25) is 0 Å². The first kappa shape index (κ1) is 10.4. The molecule has 82 valence electrons. The van der Waals surface area contributed by atoms with Crippen LogP contribution in [0.5, 0.6) is 0 Å². The van der Waals surface area contributed by atoms with Gasteiger partial charge in [0.1, 0.15) is 0 Å². The molecule has 0 radical (unpaired) electrons. The van der Waals surface area contributed by atoms with Crippen molar-refractivity contribution in [3.8, 4) is 0 Å². The SMILES string of the molecule is Cc1cc(N2CCC(C(C)N)C2)ccn1. The minimum absolute atomic E-state index is 0.304. The molecule has 0 aromatic carbocycles. The van der Waals surface area contributed by atoms with Gasteiger partial charge in [0.05, 0.1) is 0 Å². The number of aryl methyl sites for hydroxylation is 1. The summed E-state index contributed by atoms with van der Waals surface area (Å²) in [5, 5.41) is 0. The van der Waals surface area contributed by atoms with Crippen molar-refractivity contribution < 1.29 is 0 Å². The average Bonchev–Trinajstić information content (AvgIpc) is 2.66. The molecule has 0 bridgehead atoms. The van der Waals surface area contributed by atoms with E-state index in [1.54, 1.807) is 0 Å². The van der Waals surface area contributed by atoms with E-state index in [2.05, 4.69) is 28.9 Å². The molecule has 0 amide bonds. The lowest BCUT2D eigenvalue weighted by atomic mass is 10.0. The van der Waals surface area contributed by atoms with Crippen molar-refractivity contribution in [3.05, 3.63) is 24.0 Å². The Hall–Kier alpha value is -1.09. The van der Waals surface area contributed by atoms with Crippen LogP contribution in [0.4, 0.5) is 5.69 Å². The lowest BCUT2D eigenvalue weighted by Gasteiger charge is -2.20. The minimum atomic E-state index is 0.304. The van der Waals surface area contributed by atoms with Crippen LogP contribution in [0.15, 0.2) is 18.3 Å². The lowest BCUT2D eigenvalue weighted by Crippen LogP contribution is -2.29. The Balaban J connectivity index is 2.08. The molecule has 2 atom stereocenters. The molecule has 0 saturated carbocycles. The summed E-state index contributed by atoms with van der Waals surface area (Å²) < 4.78 is 0. The molecular weight excluding hydrogens is 186 g/mol.